The Kier molecular flexibility index (Phi) is 4.44. The Morgan fingerprint density at radius 3 is 2.60 bits per heavy atom. The van der Waals surface area contributed by atoms with Crippen molar-refractivity contribution in [2.75, 3.05) is 23.8 Å². The number of nitrogens with one attached hydrogen (secondary N) is 1. The second kappa shape index (κ2) is 7.27. The van der Waals surface area contributed by atoms with E-state index in [4.69, 9.17) is 21.4 Å². The number of anilines is 1. The number of aromatic amines is 1. The van der Waals surface area contributed by atoms with Gasteiger partial charge < -0.3 is 21.5 Å². The van der Waals surface area contributed by atoms with Crippen LogP contribution in [0.3, 0.4) is 0 Å². The average molecular weight is 402 g/mol. The summed E-state index contributed by atoms with van der Waals surface area (Å²) in [4.78, 5) is 28.8. The Morgan fingerprint density at radius 1 is 1.03 bits per heavy atom. The summed E-state index contributed by atoms with van der Waals surface area (Å²) in [7, 11) is 0. The molecule has 5 rings (SSSR count). The number of fused-ring (bicyclic) bond motifs is 1. The van der Waals surface area contributed by atoms with Crippen LogP contribution in [0.2, 0.25) is 0 Å². The Morgan fingerprint density at radius 2 is 1.83 bits per heavy atom. The number of imidazole rings is 1. The Hall–Kier alpha value is -3.72. The molecule has 0 aromatic carbocycles. The summed E-state index contributed by atoms with van der Waals surface area (Å²) < 4.78 is 2.00. The molecule has 5 N–H and O–H groups in total. The SMILES string of the molecule is Nc1ncccc1-c1nc2ccc(-c3ccc[nH]c3=O)nc2n1N1CCC(N)CC1. The van der Waals surface area contributed by atoms with Crippen LogP contribution in [0.15, 0.2) is 53.6 Å². The zero-order chi connectivity index (χ0) is 20.7. The zero-order valence-electron chi connectivity index (χ0n) is 16.3. The third-order valence-corrected chi connectivity index (χ3v) is 5.45. The van der Waals surface area contributed by atoms with E-state index in [2.05, 4.69) is 15.0 Å². The number of nitrogens with zero attached hydrogens (tertiary/aromatic N) is 5. The van der Waals surface area contributed by atoms with Gasteiger partial charge in [-0.1, -0.05) is 0 Å². The van der Waals surface area contributed by atoms with Crippen molar-refractivity contribution in [2.24, 2.45) is 5.73 Å². The lowest BCUT2D eigenvalue weighted by molar-refractivity contribution is 0.439. The number of H-pyrrole nitrogens is 1. The number of piperidine rings is 1. The lowest BCUT2D eigenvalue weighted by Gasteiger charge is -2.33. The number of rotatable bonds is 3. The Labute approximate surface area is 172 Å². The van der Waals surface area contributed by atoms with E-state index < -0.39 is 0 Å². The van der Waals surface area contributed by atoms with E-state index >= 15 is 0 Å². The third kappa shape index (κ3) is 3.09. The molecular formula is C21H22N8O. The molecule has 1 saturated heterocycles. The van der Waals surface area contributed by atoms with Gasteiger partial charge in [-0.3, -0.25) is 4.79 Å². The highest BCUT2D eigenvalue weighted by atomic mass is 16.1. The second-order valence-corrected chi connectivity index (χ2v) is 7.43. The van der Waals surface area contributed by atoms with Crippen molar-refractivity contribution in [3.05, 3.63) is 59.1 Å². The molecule has 1 aliphatic rings. The number of nitrogens with two attached hydrogens (primary N) is 2. The van der Waals surface area contributed by atoms with Gasteiger partial charge in [0.2, 0.25) is 0 Å². The molecule has 1 aliphatic heterocycles. The normalized spacial score (nSPS) is 15.0. The molecule has 152 valence electrons. The monoisotopic (exact) mass is 402 g/mol. The minimum absolute atomic E-state index is 0.184. The molecule has 0 amide bonds. The summed E-state index contributed by atoms with van der Waals surface area (Å²) in [5.41, 5.74) is 15.3. The van der Waals surface area contributed by atoms with Crippen molar-refractivity contribution in [2.45, 2.75) is 18.9 Å². The van der Waals surface area contributed by atoms with Crippen LogP contribution in [0.5, 0.6) is 0 Å². The fourth-order valence-corrected chi connectivity index (χ4v) is 3.85. The minimum Gasteiger partial charge on any atom is -0.383 e. The fourth-order valence-electron chi connectivity index (χ4n) is 3.85. The number of hydrogen-bond acceptors (Lipinski definition) is 7. The minimum atomic E-state index is -0.184. The lowest BCUT2D eigenvalue weighted by atomic mass is 10.1. The van der Waals surface area contributed by atoms with Crippen LogP contribution in [0, 0.1) is 0 Å². The first kappa shape index (κ1) is 18.3. The van der Waals surface area contributed by atoms with Crippen molar-refractivity contribution in [3.63, 3.8) is 0 Å². The summed E-state index contributed by atoms with van der Waals surface area (Å²) in [6, 6.07) is 11.2. The summed E-state index contributed by atoms with van der Waals surface area (Å²) in [5.74, 6) is 1.08. The first-order valence-electron chi connectivity index (χ1n) is 9.91. The maximum Gasteiger partial charge on any atom is 0.257 e. The largest absolute Gasteiger partial charge is 0.383 e. The zero-order valence-corrected chi connectivity index (χ0v) is 16.3. The molecule has 0 unspecified atom stereocenters. The second-order valence-electron chi connectivity index (χ2n) is 7.43. The highest BCUT2D eigenvalue weighted by Crippen LogP contribution is 2.29. The van der Waals surface area contributed by atoms with E-state index in [-0.39, 0.29) is 11.6 Å². The maximum atomic E-state index is 12.3. The summed E-state index contributed by atoms with van der Waals surface area (Å²) in [6.07, 6.45) is 5.01. The molecule has 9 nitrogen and oxygen atoms in total. The van der Waals surface area contributed by atoms with E-state index in [1.54, 1.807) is 24.5 Å². The van der Waals surface area contributed by atoms with Crippen LogP contribution in [0.1, 0.15) is 12.8 Å². The van der Waals surface area contributed by atoms with Crippen LogP contribution in [-0.4, -0.2) is 43.7 Å². The number of pyridine rings is 3. The van der Waals surface area contributed by atoms with Gasteiger partial charge in [0, 0.05) is 31.5 Å². The molecular weight excluding hydrogens is 380 g/mol. The number of aromatic nitrogens is 5. The first-order chi connectivity index (χ1) is 14.6. The van der Waals surface area contributed by atoms with Gasteiger partial charge in [0.1, 0.15) is 11.3 Å². The van der Waals surface area contributed by atoms with E-state index in [1.807, 2.05) is 28.9 Å². The maximum absolute atomic E-state index is 12.3. The molecule has 0 spiro atoms. The van der Waals surface area contributed by atoms with Crippen LogP contribution < -0.4 is 22.0 Å². The first-order valence-corrected chi connectivity index (χ1v) is 9.91. The van der Waals surface area contributed by atoms with Gasteiger partial charge in [-0.2, -0.15) is 0 Å². The van der Waals surface area contributed by atoms with E-state index in [0.717, 1.165) is 37.0 Å². The predicted octanol–water partition coefficient (Wildman–Crippen LogP) is 1.49. The standard InChI is InChI=1S/C21H22N8O/c22-13-7-11-28(12-8-13)29-19(15-4-2-9-24-18(15)23)27-17-6-5-16(26-20(17)29)14-3-1-10-25-21(14)30/h1-6,9-10,13H,7-8,11-12,22H2,(H2,23,24)(H,25,30). The molecule has 0 bridgehead atoms. The van der Waals surface area contributed by atoms with Crippen molar-refractivity contribution in [3.8, 4) is 22.6 Å². The van der Waals surface area contributed by atoms with Gasteiger partial charge in [0.15, 0.2) is 11.5 Å². The van der Waals surface area contributed by atoms with E-state index in [9.17, 15) is 4.79 Å². The van der Waals surface area contributed by atoms with Crippen LogP contribution in [0.4, 0.5) is 5.82 Å². The molecule has 5 heterocycles. The van der Waals surface area contributed by atoms with Crippen molar-refractivity contribution in [1.29, 1.82) is 0 Å². The van der Waals surface area contributed by atoms with Gasteiger partial charge in [-0.15, -0.1) is 0 Å². The quantitative estimate of drug-likeness (QED) is 0.473. The van der Waals surface area contributed by atoms with Gasteiger partial charge in [0.05, 0.1) is 16.8 Å². The van der Waals surface area contributed by atoms with Crippen molar-refractivity contribution in [1.82, 2.24) is 24.6 Å². The predicted molar refractivity (Wildman–Crippen MR) is 116 cm³/mol. The third-order valence-electron chi connectivity index (χ3n) is 5.45. The smallest absolute Gasteiger partial charge is 0.257 e. The van der Waals surface area contributed by atoms with Crippen LogP contribution in [-0.2, 0) is 0 Å². The molecule has 0 aliphatic carbocycles. The van der Waals surface area contributed by atoms with Crippen molar-refractivity contribution >= 4 is 17.0 Å². The van der Waals surface area contributed by atoms with Gasteiger partial charge in [0.25, 0.3) is 5.56 Å². The molecule has 0 saturated carbocycles. The number of nitrogen functional groups attached to an aromatic ring is 1. The van der Waals surface area contributed by atoms with Gasteiger partial charge in [-0.25, -0.2) is 19.6 Å². The molecule has 0 atom stereocenters. The van der Waals surface area contributed by atoms with Gasteiger partial charge >= 0.3 is 0 Å². The molecule has 0 radical (unpaired) electrons. The fraction of sp³-hybridized carbons (Fsp3) is 0.238. The van der Waals surface area contributed by atoms with Crippen LogP contribution >= 0.6 is 0 Å². The summed E-state index contributed by atoms with van der Waals surface area (Å²) >= 11 is 0. The van der Waals surface area contributed by atoms with Crippen LogP contribution in [0.25, 0.3) is 33.8 Å². The van der Waals surface area contributed by atoms with Gasteiger partial charge in [-0.05, 0) is 49.2 Å². The Bertz CT molecular complexity index is 1270. The summed E-state index contributed by atoms with van der Waals surface area (Å²) in [5, 5.41) is 2.19. The highest BCUT2D eigenvalue weighted by Gasteiger charge is 2.24. The molecule has 4 aromatic rings. The molecule has 30 heavy (non-hydrogen) atoms. The average Bonchev–Trinajstić information content (AvgIpc) is 3.13. The number of hydrogen-bond donors (Lipinski definition) is 3. The molecule has 9 heteroatoms. The van der Waals surface area contributed by atoms with E-state index in [0.29, 0.717) is 28.5 Å². The molecule has 4 aromatic heterocycles. The lowest BCUT2D eigenvalue weighted by Crippen LogP contribution is -2.45. The topological polar surface area (TPSA) is 132 Å². The summed E-state index contributed by atoms with van der Waals surface area (Å²) in [6.45, 7) is 1.55. The van der Waals surface area contributed by atoms with E-state index in [1.165, 1.54) is 0 Å². The highest BCUT2D eigenvalue weighted by molar-refractivity contribution is 5.82. The van der Waals surface area contributed by atoms with Crippen molar-refractivity contribution < 1.29 is 0 Å². The Balaban J connectivity index is 1.74. The molecule has 1 fully saturated rings.